The molecule has 0 unspecified atom stereocenters. The fourth-order valence-electron chi connectivity index (χ4n) is 2.28. The van der Waals surface area contributed by atoms with Crippen LogP contribution in [0.2, 0.25) is 0 Å². The number of sulfonamides is 1. The van der Waals surface area contributed by atoms with Gasteiger partial charge in [0.15, 0.2) is 0 Å². The highest BCUT2D eigenvalue weighted by Gasteiger charge is 2.28. The van der Waals surface area contributed by atoms with Crippen LogP contribution in [0.1, 0.15) is 26.2 Å². The Balaban J connectivity index is 2.24. The standard InChI is InChI=1S/C13H18FNO4S2/c1-2-15(10-11-4-3-5-11)21(18,19)13-8-6-12(7-9-13)20(14,16)17/h6-9,11H,2-5,10H2,1H3. The van der Waals surface area contributed by atoms with Gasteiger partial charge in [0.05, 0.1) is 9.79 Å². The smallest absolute Gasteiger partial charge is 0.207 e. The molecule has 0 N–H and O–H groups in total. The first-order chi connectivity index (χ1) is 9.75. The largest absolute Gasteiger partial charge is 0.332 e. The van der Waals surface area contributed by atoms with Crippen molar-refractivity contribution in [2.24, 2.45) is 5.92 Å². The summed E-state index contributed by atoms with van der Waals surface area (Å²) in [6.07, 6.45) is 3.20. The Bertz CT molecular complexity index is 694. The van der Waals surface area contributed by atoms with Gasteiger partial charge in [0.25, 0.3) is 0 Å². The van der Waals surface area contributed by atoms with E-state index in [0.717, 1.165) is 43.5 Å². The second-order valence-electron chi connectivity index (χ2n) is 5.16. The van der Waals surface area contributed by atoms with Gasteiger partial charge < -0.3 is 0 Å². The molecular weight excluding hydrogens is 317 g/mol. The van der Waals surface area contributed by atoms with Crippen LogP contribution in [0.5, 0.6) is 0 Å². The number of benzene rings is 1. The molecule has 0 spiro atoms. The van der Waals surface area contributed by atoms with E-state index in [2.05, 4.69) is 0 Å². The predicted molar refractivity (Wildman–Crippen MR) is 76.5 cm³/mol. The summed E-state index contributed by atoms with van der Waals surface area (Å²) < 4.78 is 60.7. The highest BCUT2D eigenvalue weighted by atomic mass is 32.3. The van der Waals surface area contributed by atoms with Crippen molar-refractivity contribution in [1.29, 1.82) is 0 Å². The third-order valence-corrected chi connectivity index (χ3v) is 6.57. The molecule has 21 heavy (non-hydrogen) atoms. The molecule has 0 aromatic heterocycles. The van der Waals surface area contributed by atoms with Crippen LogP contribution < -0.4 is 0 Å². The number of halogens is 1. The molecule has 1 fully saturated rings. The molecule has 2 rings (SSSR count). The summed E-state index contributed by atoms with van der Waals surface area (Å²) in [5.74, 6) is 0.394. The molecule has 0 atom stereocenters. The summed E-state index contributed by atoms with van der Waals surface area (Å²) in [5, 5.41) is 0. The van der Waals surface area contributed by atoms with Crippen molar-refractivity contribution in [3.05, 3.63) is 24.3 Å². The maximum absolute atomic E-state index is 12.8. The first-order valence-electron chi connectivity index (χ1n) is 6.80. The monoisotopic (exact) mass is 335 g/mol. The Morgan fingerprint density at radius 1 is 1.10 bits per heavy atom. The molecule has 8 heteroatoms. The quantitative estimate of drug-likeness (QED) is 0.747. The van der Waals surface area contributed by atoms with E-state index in [4.69, 9.17) is 0 Å². The van der Waals surface area contributed by atoms with Crippen molar-refractivity contribution in [2.45, 2.75) is 36.0 Å². The minimum Gasteiger partial charge on any atom is -0.207 e. The molecule has 1 aromatic rings. The third kappa shape index (κ3) is 3.61. The lowest BCUT2D eigenvalue weighted by Gasteiger charge is -2.31. The van der Waals surface area contributed by atoms with Gasteiger partial charge >= 0.3 is 10.2 Å². The number of hydrogen-bond donors (Lipinski definition) is 0. The number of hydrogen-bond acceptors (Lipinski definition) is 4. The Kier molecular flexibility index (Phi) is 4.69. The van der Waals surface area contributed by atoms with Crippen molar-refractivity contribution < 1.29 is 20.7 Å². The van der Waals surface area contributed by atoms with Crippen LogP contribution in [0.3, 0.4) is 0 Å². The van der Waals surface area contributed by atoms with E-state index < -0.39 is 25.1 Å². The van der Waals surface area contributed by atoms with E-state index >= 15 is 0 Å². The molecule has 0 saturated heterocycles. The lowest BCUT2D eigenvalue weighted by molar-refractivity contribution is 0.250. The summed E-state index contributed by atoms with van der Waals surface area (Å²) in [6, 6.07) is 4.20. The molecule has 1 saturated carbocycles. The summed E-state index contributed by atoms with van der Waals surface area (Å²) in [5.41, 5.74) is 0. The van der Waals surface area contributed by atoms with Crippen molar-refractivity contribution in [2.75, 3.05) is 13.1 Å². The van der Waals surface area contributed by atoms with Crippen LogP contribution >= 0.6 is 0 Å². The van der Waals surface area contributed by atoms with Gasteiger partial charge in [0.2, 0.25) is 10.0 Å². The van der Waals surface area contributed by atoms with Gasteiger partial charge in [-0.2, -0.15) is 12.7 Å². The lowest BCUT2D eigenvalue weighted by Crippen LogP contribution is -2.37. The minimum absolute atomic E-state index is 0.0175. The molecule has 1 aromatic carbocycles. The molecule has 1 aliphatic rings. The van der Waals surface area contributed by atoms with E-state index in [1.165, 1.54) is 4.31 Å². The van der Waals surface area contributed by atoms with Crippen molar-refractivity contribution >= 4 is 20.2 Å². The molecule has 0 aliphatic heterocycles. The van der Waals surface area contributed by atoms with Crippen LogP contribution in [-0.2, 0) is 20.2 Å². The molecule has 0 amide bonds. The van der Waals surface area contributed by atoms with Crippen LogP contribution in [0, 0.1) is 5.92 Å². The average molecular weight is 335 g/mol. The zero-order valence-corrected chi connectivity index (χ0v) is 13.3. The third-order valence-electron chi connectivity index (χ3n) is 3.78. The Labute approximate surface area is 125 Å². The van der Waals surface area contributed by atoms with E-state index in [1.54, 1.807) is 6.92 Å². The molecule has 0 radical (unpaired) electrons. The molecule has 1 aliphatic carbocycles. The fourth-order valence-corrected chi connectivity index (χ4v) is 4.27. The highest BCUT2D eigenvalue weighted by molar-refractivity contribution is 7.89. The molecule has 0 heterocycles. The summed E-state index contributed by atoms with van der Waals surface area (Å²) in [6.45, 7) is 2.58. The van der Waals surface area contributed by atoms with Gasteiger partial charge in [-0.05, 0) is 43.0 Å². The van der Waals surface area contributed by atoms with Crippen molar-refractivity contribution in [3.63, 3.8) is 0 Å². The number of nitrogens with zero attached hydrogens (tertiary/aromatic N) is 1. The first-order valence-corrected chi connectivity index (χ1v) is 9.62. The van der Waals surface area contributed by atoms with Crippen LogP contribution in [-0.4, -0.2) is 34.2 Å². The van der Waals surface area contributed by atoms with Crippen molar-refractivity contribution in [3.8, 4) is 0 Å². The van der Waals surface area contributed by atoms with Gasteiger partial charge in [0, 0.05) is 13.1 Å². The van der Waals surface area contributed by atoms with Gasteiger partial charge in [-0.25, -0.2) is 8.42 Å². The van der Waals surface area contributed by atoms with E-state index in [-0.39, 0.29) is 4.90 Å². The first kappa shape index (κ1) is 16.4. The minimum atomic E-state index is -4.81. The van der Waals surface area contributed by atoms with E-state index in [9.17, 15) is 20.7 Å². The maximum Gasteiger partial charge on any atom is 0.332 e. The Morgan fingerprint density at radius 2 is 1.62 bits per heavy atom. The molecular formula is C13H18FNO4S2. The van der Waals surface area contributed by atoms with Crippen LogP contribution in [0.15, 0.2) is 34.1 Å². The zero-order chi connectivity index (χ0) is 15.7. The van der Waals surface area contributed by atoms with Crippen LogP contribution in [0.25, 0.3) is 0 Å². The van der Waals surface area contributed by atoms with E-state index in [0.29, 0.717) is 19.0 Å². The van der Waals surface area contributed by atoms with Gasteiger partial charge in [-0.3, -0.25) is 0 Å². The average Bonchev–Trinajstić information content (AvgIpc) is 2.36. The summed E-state index contributed by atoms with van der Waals surface area (Å²) >= 11 is 0. The maximum atomic E-state index is 12.8. The van der Waals surface area contributed by atoms with Gasteiger partial charge in [0.1, 0.15) is 0 Å². The summed E-state index contributed by atoms with van der Waals surface area (Å²) in [4.78, 5) is -0.556. The normalized spacial score (nSPS) is 16.9. The van der Waals surface area contributed by atoms with Crippen LogP contribution in [0.4, 0.5) is 3.89 Å². The summed E-state index contributed by atoms with van der Waals surface area (Å²) in [7, 11) is -8.48. The Hall–Kier alpha value is -0.990. The fraction of sp³-hybridized carbons (Fsp3) is 0.538. The molecule has 0 bridgehead atoms. The van der Waals surface area contributed by atoms with Crippen molar-refractivity contribution in [1.82, 2.24) is 4.31 Å². The lowest BCUT2D eigenvalue weighted by atomic mass is 9.85. The SMILES string of the molecule is CCN(CC1CCC1)S(=O)(=O)c1ccc(S(=O)(=O)F)cc1. The zero-order valence-electron chi connectivity index (χ0n) is 11.7. The van der Waals surface area contributed by atoms with Gasteiger partial charge in [-0.1, -0.05) is 13.3 Å². The predicted octanol–water partition coefficient (Wildman–Crippen LogP) is 2.16. The molecule has 118 valence electrons. The molecule has 5 nitrogen and oxygen atoms in total. The second-order valence-corrected chi connectivity index (χ2v) is 8.45. The van der Waals surface area contributed by atoms with E-state index in [1.807, 2.05) is 0 Å². The Morgan fingerprint density at radius 3 is 2.00 bits per heavy atom. The highest BCUT2D eigenvalue weighted by Crippen LogP contribution is 2.29. The topological polar surface area (TPSA) is 71.5 Å². The second kappa shape index (κ2) is 6.02. The van der Waals surface area contributed by atoms with Gasteiger partial charge in [-0.15, -0.1) is 3.89 Å². The number of rotatable bonds is 6.